The van der Waals surface area contributed by atoms with E-state index in [4.69, 9.17) is 14.9 Å². The molecule has 2 heterocycles. The first-order valence-corrected chi connectivity index (χ1v) is 7.49. The van der Waals surface area contributed by atoms with Gasteiger partial charge in [-0.05, 0) is 18.6 Å². The molecule has 6 nitrogen and oxygen atoms in total. The first-order valence-electron chi connectivity index (χ1n) is 7.49. The van der Waals surface area contributed by atoms with Gasteiger partial charge in [0.25, 0.3) is 0 Å². The average Bonchev–Trinajstić information content (AvgIpc) is 2.97. The molecule has 0 spiro atoms. The van der Waals surface area contributed by atoms with Gasteiger partial charge in [0.2, 0.25) is 5.88 Å². The molecule has 0 saturated heterocycles. The summed E-state index contributed by atoms with van der Waals surface area (Å²) >= 11 is 0. The minimum atomic E-state index is -0.195. The minimum absolute atomic E-state index is 0.195. The SMILES string of the molecule is CCCOc1nc(C(C)(C)C)nc(NCc2ccco2)c1N. The van der Waals surface area contributed by atoms with Gasteiger partial charge in [0.05, 0.1) is 19.4 Å². The molecule has 2 rings (SSSR count). The molecule has 3 N–H and O–H groups in total. The van der Waals surface area contributed by atoms with E-state index in [1.165, 1.54) is 0 Å². The predicted octanol–water partition coefficient (Wildman–Crippen LogP) is 3.35. The minimum Gasteiger partial charge on any atom is -0.476 e. The zero-order valence-corrected chi connectivity index (χ0v) is 13.6. The number of rotatable bonds is 6. The number of nitrogens with two attached hydrogens (primary N) is 1. The fourth-order valence-electron chi connectivity index (χ4n) is 1.81. The second-order valence-electron chi connectivity index (χ2n) is 6.15. The molecule has 0 aromatic carbocycles. The number of nitrogens with one attached hydrogen (secondary N) is 1. The quantitative estimate of drug-likeness (QED) is 0.851. The monoisotopic (exact) mass is 304 g/mol. The number of nitrogen functional groups attached to an aromatic ring is 1. The molecular weight excluding hydrogens is 280 g/mol. The molecule has 0 unspecified atom stereocenters. The number of hydrogen-bond acceptors (Lipinski definition) is 6. The summed E-state index contributed by atoms with van der Waals surface area (Å²) in [5, 5.41) is 3.19. The number of hydrogen-bond donors (Lipinski definition) is 2. The van der Waals surface area contributed by atoms with Crippen molar-refractivity contribution in [3.8, 4) is 5.88 Å². The van der Waals surface area contributed by atoms with Crippen LogP contribution >= 0.6 is 0 Å². The van der Waals surface area contributed by atoms with E-state index in [9.17, 15) is 0 Å². The molecule has 0 saturated carbocycles. The number of nitrogens with zero attached hydrogens (tertiary/aromatic N) is 2. The van der Waals surface area contributed by atoms with E-state index < -0.39 is 0 Å². The smallest absolute Gasteiger partial charge is 0.242 e. The lowest BCUT2D eigenvalue weighted by Gasteiger charge is -2.20. The highest BCUT2D eigenvalue weighted by Crippen LogP contribution is 2.30. The Morgan fingerprint density at radius 1 is 1.32 bits per heavy atom. The van der Waals surface area contributed by atoms with Crippen LogP contribution in [0.5, 0.6) is 5.88 Å². The van der Waals surface area contributed by atoms with Crippen LogP contribution in [0.1, 0.15) is 45.7 Å². The molecule has 0 aliphatic carbocycles. The third-order valence-corrected chi connectivity index (χ3v) is 3.03. The summed E-state index contributed by atoms with van der Waals surface area (Å²) in [5.74, 6) is 2.51. The Bertz CT molecular complexity index is 603. The zero-order chi connectivity index (χ0) is 16.2. The fraction of sp³-hybridized carbons (Fsp3) is 0.500. The Hall–Kier alpha value is -2.24. The summed E-state index contributed by atoms with van der Waals surface area (Å²) in [7, 11) is 0. The van der Waals surface area contributed by atoms with Crippen LogP contribution < -0.4 is 15.8 Å². The van der Waals surface area contributed by atoms with Crippen molar-refractivity contribution in [3.63, 3.8) is 0 Å². The van der Waals surface area contributed by atoms with E-state index in [1.54, 1.807) is 6.26 Å². The van der Waals surface area contributed by atoms with Crippen molar-refractivity contribution in [2.45, 2.75) is 46.1 Å². The normalized spacial score (nSPS) is 11.5. The van der Waals surface area contributed by atoms with Gasteiger partial charge in [0.1, 0.15) is 17.3 Å². The van der Waals surface area contributed by atoms with E-state index in [2.05, 4.69) is 36.1 Å². The largest absolute Gasteiger partial charge is 0.476 e. The van der Waals surface area contributed by atoms with Crippen LogP contribution in [-0.2, 0) is 12.0 Å². The van der Waals surface area contributed by atoms with Crippen LogP contribution in [-0.4, -0.2) is 16.6 Å². The Kier molecular flexibility index (Phi) is 4.90. The highest BCUT2D eigenvalue weighted by atomic mass is 16.5. The van der Waals surface area contributed by atoms with Crippen molar-refractivity contribution in [2.24, 2.45) is 0 Å². The molecule has 22 heavy (non-hydrogen) atoms. The van der Waals surface area contributed by atoms with Gasteiger partial charge < -0.3 is 20.2 Å². The van der Waals surface area contributed by atoms with Gasteiger partial charge in [-0.2, -0.15) is 4.98 Å². The Labute approximate surface area is 131 Å². The molecule has 0 aliphatic rings. The topological polar surface area (TPSA) is 86.2 Å². The van der Waals surface area contributed by atoms with Gasteiger partial charge in [0.15, 0.2) is 5.82 Å². The lowest BCUT2D eigenvalue weighted by Crippen LogP contribution is -2.19. The van der Waals surface area contributed by atoms with Crippen molar-refractivity contribution >= 4 is 11.5 Å². The lowest BCUT2D eigenvalue weighted by molar-refractivity contribution is 0.303. The van der Waals surface area contributed by atoms with Crippen LogP contribution in [0.15, 0.2) is 22.8 Å². The predicted molar refractivity (Wildman–Crippen MR) is 87.0 cm³/mol. The van der Waals surface area contributed by atoms with Gasteiger partial charge in [-0.3, -0.25) is 0 Å². The van der Waals surface area contributed by atoms with Crippen LogP contribution in [0.25, 0.3) is 0 Å². The molecule has 0 fully saturated rings. The Balaban J connectivity index is 2.29. The molecule has 0 bridgehead atoms. The number of ether oxygens (including phenoxy) is 1. The maximum Gasteiger partial charge on any atom is 0.242 e. The maximum atomic E-state index is 6.13. The van der Waals surface area contributed by atoms with Crippen molar-refractivity contribution in [1.29, 1.82) is 0 Å². The molecule has 2 aromatic rings. The highest BCUT2D eigenvalue weighted by Gasteiger charge is 2.22. The number of anilines is 2. The molecule has 0 aliphatic heterocycles. The van der Waals surface area contributed by atoms with Crippen molar-refractivity contribution in [3.05, 3.63) is 30.0 Å². The Morgan fingerprint density at radius 2 is 2.09 bits per heavy atom. The summed E-state index contributed by atoms with van der Waals surface area (Å²) in [6, 6.07) is 3.74. The summed E-state index contributed by atoms with van der Waals surface area (Å²) in [5.41, 5.74) is 6.36. The fourth-order valence-corrected chi connectivity index (χ4v) is 1.81. The van der Waals surface area contributed by atoms with Gasteiger partial charge in [-0.1, -0.05) is 27.7 Å². The van der Waals surface area contributed by atoms with Crippen molar-refractivity contribution in [2.75, 3.05) is 17.7 Å². The van der Waals surface area contributed by atoms with Gasteiger partial charge in [0, 0.05) is 5.41 Å². The van der Waals surface area contributed by atoms with Gasteiger partial charge >= 0.3 is 0 Å². The summed E-state index contributed by atoms with van der Waals surface area (Å²) in [6.07, 6.45) is 2.53. The second-order valence-corrected chi connectivity index (χ2v) is 6.15. The van der Waals surface area contributed by atoms with Crippen LogP contribution in [0.2, 0.25) is 0 Å². The summed E-state index contributed by atoms with van der Waals surface area (Å²) in [6.45, 7) is 9.28. The summed E-state index contributed by atoms with van der Waals surface area (Å²) < 4.78 is 11.0. The Morgan fingerprint density at radius 3 is 2.68 bits per heavy atom. The van der Waals surface area contributed by atoms with Crippen LogP contribution in [0.4, 0.5) is 11.5 Å². The van der Waals surface area contributed by atoms with Crippen LogP contribution in [0.3, 0.4) is 0 Å². The first kappa shape index (κ1) is 16.1. The lowest BCUT2D eigenvalue weighted by atomic mass is 9.96. The van der Waals surface area contributed by atoms with E-state index in [-0.39, 0.29) is 5.41 Å². The number of furan rings is 1. The van der Waals surface area contributed by atoms with E-state index in [0.717, 1.165) is 12.2 Å². The molecular formula is C16H24N4O2. The molecule has 0 amide bonds. The maximum absolute atomic E-state index is 6.13. The van der Waals surface area contributed by atoms with E-state index >= 15 is 0 Å². The molecule has 0 radical (unpaired) electrons. The second kappa shape index (κ2) is 6.68. The standard InChI is InChI=1S/C16H24N4O2/c1-5-8-22-14-12(17)13(18-10-11-7-6-9-21-11)19-15(20-14)16(2,3)4/h6-7,9H,5,8,10,17H2,1-4H3,(H,18,19,20). The van der Waals surface area contributed by atoms with Gasteiger partial charge in [-0.15, -0.1) is 0 Å². The van der Waals surface area contributed by atoms with Gasteiger partial charge in [-0.25, -0.2) is 4.98 Å². The zero-order valence-electron chi connectivity index (χ0n) is 13.6. The number of aromatic nitrogens is 2. The van der Waals surface area contributed by atoms with Crippen LogP contribution in [0, 0.1) is 0 Å². The third-order valence-electron chi connectivity index (χ3n) is 3.03. The molecule has 0 atom stereocenters. The van der Waals surface area contributed by atoms with E-state index in [0.29, 0.717) is 36.4 Å². The molecule has 2 aromatic heterocycles. The van der Waals surface area contributed by atoms with Crippen molar-refractivity contribution in [1.82, 2.24) is 9.97 Å². The first-order chi connectivity index (χ1) is 10.4. The average molecular weight is 304 g/mol. The third kappa shape index (κ3) is 3.90. The summed E-state index contributed by atoms with van der Waals surface area (Å²) in [4.78, 5) is 9.01. The van der Waals surface area contributed by atoms with E-state index in [1.807, 2.05) is 19.1 Å². The molecule has 120 valence electrons. The molecule has 6 heteroatoms. The highest BCUT2D eigenvalue weighted by molar-refractivity contribution is 5.67. The van der Waals surface area contributed by atoms with Crippen molar-refractivity contribution < 1.29 is 9.15 Å².